The number of methoxy groups -OCH3 is 1. The predicted molar refractivity (Wildman–Crippen MR) is 109 cm³/mol. The zero-order valence-electron chi connectivity index (χ0n) is 15.7. The lowest BCUT2D eigenvalue weighted by molar-refractivity contribution is -0.137. The average Bonchev–Trinajstić information content (AvgIpc) is 3.02. The molecule has 2 N–H and O–H groups in total. The van der Waals surface area contributed by atoms with Crippen LogP contribution in [0.15, 0.2) is 18.2 Å². The minimum Gasteiger partial charge on any atom is -0.495 e. The smallest absolute Gasteiger partial charge is 0.228 e. The molecule has 2 aliphatic heterocycles. The molecule has 0 spiro atoms. The highest BCUT2D eigenvalue weighted by Gasteiger charge is 2.39. The van der Waals surface area contributed by atoms with Crippen LogP contribution in [-0.2, 0) is 9.59 Å². The average molecular weight is 416 g/mol. The van der Waals surface area contributed by atoms with Crippen molar-refractivity contribution in [1.82, 2.24) is 4.90 Å². The molecule has 3 rings (SSSR count). The minimum absolute atomic E-state index is 0. The van der Waals surface area contributed by atoms with E-state index in [0.29, 0.717) is 28.9 Å². The maximum Gasteiger partial charge on any atom is 0.228 e. The molecular weight excluding hydrogens is 389 g/mol. The molecule has 8 heteroatoms. The minimum atomic E-state index is -0.321. The summed E-state index contributed by atoms with van der Waals surface area (Å²) >= 11 is 6.08. The van der Waals surface area contributed by atoms with Gasteiger partial charge in [-0.05, 0) is 43.9 Å². The third kappa shape index (κ3) is 4.68. The maximum atomic E-state index is 12.9. The highest BCUT2D eigenvalue weighted by molar-refractivity contribution is 6.31. The summed E-state index contributed by atoms with van der Waals surface area (Å²) in [6.07, 6.45) is 2.08. The van der Waals surface area contributed by atoms with Crippen LogP contribution < -0.4 is 15.4 Å². The Kier molecular flexibility index (Phi) is 7.37. The third-order valence-corrected chi connectivity index (χ3v) is 5.74. The number of rotatable bonds is 4. The quantitative estimate of drug-likeness (QED) is 0.819. The van der Waals surface area contributed by atoms with Gasteiger partial charge in [0, 0.05) is 37.1 Å². The number of nitrogens with zero attached hydrogens (tertiary/aromatic N) is 2. The van der Waals surface area contributed by atoms with Gasteiger partial charge in [0.15, 0.2) is 0 Å². The number of halogens is 2. The van der Waals surface area contributed by atoms with E-state index >= 15 is 0 Å². The zero-order chi connectivity index (χ0) is 18.8. The number of hydrogen-bond acceptors (Lipinski definition) is 4. The molecule has 2 fully saturated rings. The van der Waals surface area contributed by atoms with Gasteiger partial charge in [-0.2, -0.15) is 0 Å². The first-order valence-electron chi connectivity index (χ1n) is 9.09. The van der Waals surface area contributed by atoms with Crippen molar-refractivity contribution < 1.29 is 14.3 Å². The van der Waals surface area contributed by atoms with Crippen LogP contribution in [0.1, 0.15) is 26.2 Å². The maximum absolute atomic E-state index is 12.9. The highest BCUT2D eigenvalue weighted by Crippen LogP contribution is 2.36. The van der Waals surface area contributed by atoms with Crippen molar-refractivity contribution in [3.05, 3.63) is 23.2 Å². The van der Waals surface area contributed by atoms with Gasteiger partial charge in [0.05, 0.1) is 18.7 Å². The molecule has 2 heterocycles. The Balaban J connectivity index is 0.00000261. The number of anilines is 1. The molecule has 1 aromatic rings. The number of benzene rings is 1. The SMILES string of the molecule is COc1ccc(Cl)cc1N1CC(C(=O)N2CCC(C(C)N)CC2)CC1=O.Cl. The van der Waals surface area contributed by atoms with E-state index in [2.05, 4.69) is 0 Å². The van der Waals surface area contributed by atoms with Gasteiger partial charge in [0.25, 0.3) is 0 Å². The van der Waals surface area contributed by atoms with Crippen LogP contribution in [0.4, 0.5) is 5.69 Å². The van der Waals surface area contributed by atoms with Crippen molar-refractivity contribution in [2.75, 3.05) is 31.6 Å². The summed E-state index contributed by atoms with van der Waals surface area (Å²) < 4.78 is 5.35. The summed E-state index contributed by atoms with van der Waals surface area (Å²) in [4.78, 5) is 28.9. The molecule has 0 aromatic heterocycles. The van der Waals surface area contributed by atoms with Crippen LogP contribution in [0.3, 0.4) is 0 Å². The van der Waals surface area contributed by atoms with Gasteiger partial charge in [0.2, 0.25) is 11.8 Å². The van der Waals surface area contributed by atoms with E-state index in [1.54, 1.807) is 30.2 Å². The van der Waals surface area contributed by atoms with Gasteiger partial charge < -0.3 is 20.3 Å². The number of ether oxygens (including phenoxy) is 1. The summed E-state index contributed by atoms with van der Waals surface area (Å²) in [7, 11) is 1.55. The van der Waals surface area contributed by atoms with Gasteiger partial charge in [-0.1, -0.05) is 11.6 Å². The van der Waals surface area contributed by atoms with Crippen LogP contribution in [0.25, 0.3) is 0 Å². The third-order valence-electron chi connectivity index (χ3n) is 5.50. The fraction of sp³-hybridized carbons (Fsp3) is 0.579. The molecule has 0 bridgehead atoms. The largest absolute Gasteiger partial charge is 0.495 e. The number of carbonyl (C=O) groups excluding carboxylic acids is 2. The van der Waals surface area contributed by atoms with E-state index in [1.807, 2.05) is 11.8 Å². The first-order chi connectivity index (χ1) is 12.4. The second kappa shape index (κ2) is 9.13. The first-order valence-corrected chi connectivity index (χ1v) is 9.46. The molecule has 0 radical (unpaired) electrons. The number of carbonyl (C=O) groups is 2. The van der Waals surface area contributed by atoms with Crippen LogP contribution in [0.5, 0.6) is 5.75 Å². The lowest BCUT2D eigenvalue weighted by atomic mass is 9.90. The fourth-order valence-electron chi connectivity index (χ4n) is 3.88. The molecule has 6 nitrogen and oxygen atoms in total. The molecule has 0 aliphatic carbocycles. The number of nitrogens with two attached hydrogens (primary N) is 1. The van der Waals surface area contributed by atoms with Crippen LogP contribution in [0.2, 0.25) is 5.02 Å². The van der Waals surface area contributed by atoms with Gasteiger partial charge >= 0.3 is 0 Å². The summed E-state index contributed by atoms with van der Waals surface area (Å²) in [5.41, 5.74) is 6.60. The molecule has 2 amide bonds. The Bertz CT molecular complexity index is 691. The highest BCUT2D eigenvalue weighted by atomic mass is 35.5. The predicted octanol–water partition coefficient (Wildman–Crippen LogP) is 2.71. The van der Waals surface area contributed by atoms with E-state index in [9.17, 15) is 9.59 Å². The molecule has 2 unspecified atom stereocenters. The summed E-state index contributed by atoms with van der Waals surface area (Å²) in [6, 6.07) is 5.32. The fourth-order valence-corrected chi connectivity index (χ4v) is 4.05. The van der Waals surface area contributed by atoms with Crippen molar-refractivity contribution in [1.29, 1.82) is 0 Å². The van der Waals surface area contributed by atoms with Crippen molar-refractivity contribution in [3.8, 4) is 5.75 Å². The Morgan fingerprint density at radius 3 is 2.59 bits per heavy atom. The van der Waals surface area contributed by atoms with Crippen LogP contribution in [-0.4, -0.2) is 49.5 Å². The van der Waals surface area contributed by atoms with Crippen LogP contribution >= 0.6 is 24.0 Å². The first kappa shape index (κ1) is 21.8. The second-order valence-electron chi connectivity index (χ2n) is 7.24. The van der Waals surface area contributed by atoms with Crippen molar-refractivity contribution in [3.63, 3.8) is 0 Å². The number of likely N-dealkylation sites (tertiary alicyclic amines) is 1. The lowest BCUT2D eigenvalue weighted by Crippen LogP contribution is -2.45. The topological polar surface area (TPSA) is 75.9 Å². The van der Waals surface area contributed by atoms with Gasteiger partial charge in [-0.3, -0.25) is 9.59 Å². The number of amides is 2. The summed E-state index contributed by atoms with van der Waals surface area (Å²) in [5.74, 6) is 0.711. The van der Waals surface area contributed by atoms with E-state index in [1.165, 1.54) is 0 Å². The molecule has 2 atom stereocenters. The molecular formula is C19H27Cl2N3O3. The van der Waals surface area contributed by atoms with E-state index < -0.39 is 0 Å². The van der Waals surface area contributed by atoms with Crippen molar-refractivity contribution in [2.45, 2.75) is 32.2 Å². The Labute approximate surface area is 171 Å². The summed E-state index contributed by atoms with van der Waals surface area (Å²) in [5, 5.41) is 0.529. The van der Waals surface area contributed by atoms with E-state index in [0.717, 1.165) is 25.9 Å². The van der Waals surface area contributed by atoms with Crippen molar-refractivity contribution in [2.24, 2.45) is 17.6 Å². The van der Waals surface area contributed by atoms with E-state index in [4.69, 9.17) is 22.1 Å². The molecule has 2 saturated heterocycles. The van der Waals surface area contributed by atoms with Crippen molar-refractivity contribution >= 4 is 41.5 Å². The van der Waals surface area contributed by atoms with Gasteiger partial charge in [-0.25, -0.2) is 0 Å². The number of hydrogen-bond donors (Lipinski definition) is 1. The van der Waals surface area contributed by atoms with E-state index in [-0.39, 0.29) is 42.6 Å². The lowest BCUT2D eigenvalue weighted by Gasteiger charge is -2.35. The van der Waals surface area contributed by atoms with Crippen LogP contribution in [0, 0.1) is 11.8 Å². The second-order valence-corrected chi connectivity index (χ2v) is 7.68. The molecule has 27 heavy (non-hydrogen) atoms. The zero-order valence-corrected chi connectivity index (χ0v) is 17.3. The Hall–Kier alpha value is -1.50. The Morgan fingerprint density at radius 2 is 2.00 bits per heavy atom. The standard InChI is InChI=1S/C19H26ClN3O3.ClH/c1-12(21)13-5-7-22(8-6-13)19(25)14-9-18(24)23(11-14)16-10-15(20)3-4-17(16)26-2;/h3-4,10,12-14H,5-9,11,21H2,1-2H3;1H. The Morgan fingerprint density at radius 1 is 1.33 bits per heavy atom. The van der Waals surface area contributed by atoms with Gasteiger partial charge in [0.1, 0.15) is 5.75 Å². The normalized spacial score (nSPS) is 21.8. The van der Waals surface area contributed by atoms with Gasteiger partial charge in [-0.15, -0.1) is 12.4 Å². The molecule has 2 aliphatic rings. The summed E-state index contributed by atoms with van der Waals surface area (Å²) in [6.45, 7) is 3.82. The molecule has 0 saturated carbocycles. The molecule has 150 valence electrons. The number of piperidine rings is 1. The monoisotopic (exact) mass is 415 g/mol. The molecule has 1 aromatic carbocycles.